The van der Waals surface area contributed by atoms with Gasteiger partial charge in [-0.05, 0) is 17.9 Å². The van der Waals surface area contributed by atoms with E-state index < -0.39 is 0 Å². The summed E-state index contributed by atoms with van der Waals surface area (Å²) in [5.74, 6) is 0. The summed E-state index contributed by atoms with van der Waals surface area (Å²) in [6.07, 6.45) is 2.09. The number of para-hydroxylation sites is 1. The van der Waals surface area contributed by atoms with Crippen LogP contribution in [0.5, 0.6) is 0 Å². The normalized spacial score (nSPS) is 17.6. The number of aliphatic imine (C=N–C) groups is 1. The second kappa shape index (κ2) is 4.86. The van der Waals surface area contributed by atoms with E-state index in [-0.39, 0.29) is 6.17 Å². The van der Waals surface area contributed by atoms with Gasteiger partial charge in [0.05, 0.1) is 0 Å². The van der Waals surface area contributed by atoms with Gasteiger partial charge in [0.1, 0.15) is 11.2 Å². The fourth-order valence-electron chi connectivity index (χ4n) is 2.12. The highest BCUT2D eigenvalue weighted by Gasteiger charge is 2.20. The number of thioether (sulfide) groups is 1. The van der Waals surface area contributed by atoms with Gasteiger partial charge in [-0.3, -0.25) is 0 Å². The van der Waals surface area contributed by atoms with Crippen molar-refractivity contribution in [2.45, 2.75) is 6.17 Å². The Kier molecular flexibility index (Phi) is 3.07. The summed E-state index contributed by atoms with van der Waals surface area (Å²) in [7, 11) is 0. The van der Waals surface area contributed by atoms with Gasteiger partial charge in [-0.25, -0.2) is 4.99 Å². The molecule has 1 aliphatic heterocycles. The second-order valence-electron chi connectivity index (χ2n) is 4.14. The minimum atomic E-state index is 0.0172. The van der Waals surface area contributed by atoms with Crippen LogP contribution in [0.4, 0.5) is 5.69 Å². The quantitative estimate of drug-likeness (QED) is 0.834. The number of hydrogen-bond donors (Lipinski definition) is 1. The smallest absolute Gasteiger partial charge is 0.146 e. The van der Waals surface area contributed by atoms with E-state index in [4.69, 9.17) is 4.99 Å². The zero-order chi connectivity index (χ0) is 12.4. The van der Waals surface area contributed by atoms with E-state index in [0.29, 0.717) is 0 Å². The van der Waals surface area contributed by atoms with Crippen LogP contribution in [0, 0.1) is 0 Å². The molecule has 0 radical (unpaired) electrons. The predicted molar refractivity (Wildman–Crippen MR) is 79.3 cm³/mol. The van der Waals surface area contributed by atoms with E-state index in [1.54, 1.807) is 11.8 Å². The summed E-state index contributed by atoms with van der Waals surface area (Å²) in [6.45, 7) is 0. The average Bonchev–Trinajstić information content (AvgIpc) is 2.47. The topological polar surface area (TPSA) is 24.4 Å². The molecular formula is C15H14N2S. The van der Waals surface area contributed by atoms with E-state index >= 15 is 0 Å². The molecular weight excluding hydrogens is 240 g/mol. The van der Waals surface area contributed by atoms with E-state index in [2.05, 4.69) is 48.0 Å². The van der Waals surface area contributed by atoms with Crippen LogP contribution in [0.25, 0.3) is 0 Å². The summed E-state index contributed by atoms with van der Waals surface area (Å²) in [5, 5.41) is 4.57. The van der Waals surface area contributed by atoms with Gasteiger partial charge in [-0.1, -0.05) is 48.5 Å². The minimum Gasteiger partial charge on any atom is -0.359 e. The number of benzene rings is 2. The maximum Gasteiger partial charge on any atom is 0.146 e. The Morgan fingerprint density at radius 3 is 2.50 bits per heavy atom. The molecule has 18 heavy (non-hydrogen) atoms. The first kappa shape index (κ1) is 11.4. The second-order valence-corrected chi connectivity index (χ2v) is 4.94. The van der Waals surface area contributed by atoms with Crippen LogP contribution in [0.2, 0.25) is 0 Å². The molecule has 0 spiro atoms. The maximum atomic E-state index is 4.78. The monoisotopic (exact) mass is 254 g/mol. The molecule has 2 aromatic rings. The van der Waals surface area contributed by atoms with Gasteiger partial charge in [0.2, 0.25) is 0 Å². The zero-order valence-corrected chi connectivity index (χ0v) is 10.9. The molecule has 1 atom stereocenters. The first-order chi connectivity index (χ1) is 8.88. The lowest BCUT2D eigenvalue weighted by atomic mass is 10.1. The van der Waals surface area contributed by atoms with E-state index in [0.717, 1.165) is 10.7 Å². The zero-order valence-electron chi connectivity index (χ0n) is 10.1. The number of nitrogens with one attached hydrogen (secondary N) is 1. The molecule has 1 unspecified atom stereocenters. The van der Waals surface area contributed by atoms with Gasteiger partial charge in [0.15, 0.2) is 0 Å². The molecule has 0 saturated carbocycles. The van der Waals surface area contributed by atoms with Crippen molar-refractivity contribution in [2.24, 2.45) is 4.99 Å². The molecule has 1 N–H and O–H groups in total. The molecule has 3 rings (SSSR count). The molecule has 0 amide bonds. The van der Waals surface area contributed by atoms with Crippen LogP contribution < -0.4 is 5.32 Å². The highest BCUT2D eigenvalue weighted by atomic mass is 32.2. The molecule has 0 saturated heterocycles. The summed E-state index contributed by atoms with van der Waals surface area (Å²) in [4.78, 5) is 4.78. The molecule has 0 aliphatic carbocycles. The van der Waals surface area contributed by atoms with Crippen LogP contribution in [0.15, 0.2) is 59.6 Å². The third-order valence-corrected chi connectivity index (χ3v) is 3.72. The first-order valence-corrected chi connectivity index (χ1v) is 7.13. The standard InChI is InChI=1S/C15H14N2S/c1-18-15-12-9-5-6-10-13(12)16-14(17-15)11-7-3-2-4-8-11/h2-10,14,16H,1H3. The Labute approximate surface area is 111 Å². The summed E-state index contributed by atoms with van der Waals surface area (Å²) in [6, 6.07) is 18.7. The minimum absolute atomic E-state index is 0.0172. The molecule has 2 aromatic carbocycles. The van der Waals surface area contributed by atoms with Crippen molar-refractivity contribution in [1.29, 1.82) is 0 Å². The van der Waals surface area contributed by atoms with Crippen molar-refractivity contribution < 1.29 is 0 Å². The van der Waals surface area contributed by atoms with Gasteiger partial charge < -0.3 is 5.32 Å². The third kappa shape index (κ3) is 2.02. The van der Waals surface area contributed by atoms with Crippen molar-refractivity contribution in [1.82, 2.24) is 0 Å². The Morgan fingerprint density at radius 1 is 1.00 bits per heavy atom. The number of hydrogen-bond acceptors (Lipinski definition) is 3. The molecule has 2 nitrogen and oxygen atoms in total. The molecule has 1 aliphatic rings. The van der Waals surface area contributed by atoms with Crippen molar-refractivity contribution in [3.8, 4) is 0 Å². The Balaban J connectivity index is 2.03. The fraction of sp³-hybridized carbons (Fsp3) is 0.133. The maximum absolute atomic E-state index is 4.78. The summed E-state index contributed by atoms with van der Waals surface area (Å²) in [5.41, 5.74) is 3.54. The molecule has 3 heteroatoms. The lowest BCUT2D eigenvalue weighted by Gasteiger charge is -2.25. The van der Waals surface area contributed by atoms with Gasteiger partial charge in [0, 0.05) is 11.3 Å². The Bertz CT molecular complexity index is 578. The van der Waals surface area contributed by atoms with Crippen molar-refractivity contribution >= 4 is 22.5 Å². The van der Waals surface area contributed by atoms with Crippen molar-refractivity contribution in [2.75, 3.05) is 11.6 Å². The highest BCUT2D eigenvalue weighted by molar-refractivity contribution is 8.13. The van der Waals surface area contributed by atoms with Crippen LogP contribution in [0.3, 0.4) is 0 Å². The van der Waals surface area contributed by atoms with Crippen molar-refractivity contribution in [3.63, 3.8) is 0 Å². The van der Waals surface area contributed by atoms with Gasteiger partial charge in [-0.2, -0.15) is 0 Å². The lowest BCUT2D eigenvalue weighted by molar-refractivity contribution is 0.832. The number of nitrogens with zero attached hydrogens (tertiary/aromatic N) is 1. The Morgan fingerprint density at radius 2 is 1.72 bits per heavy atom. The molecule has 90 valence electrons. The van der Waals surface area contributed by atoms with Crippen LogP contribution >= 0.6 is 11.8 Å². The van der Waals surface area contributed by atoms with Gasteiger partial charge in [-0.15, -0.1) is 11.8 Å². The molecule has 0 fully saturated rings. The van der Waals surface area contributed by atoms with E-state index in [9.17, 15) is 0 Å². The van der Waals surface area contributed by atoms with Gasteiger partial charge in [0.25, 0.3) is 0 Å². The highest BCUT2D eigenvalue weighted by Crippen LogP contribution is 2.32. The number of anilines is 1. The van der Waals surface area contributed by atoms with E-state index in [1.807, 2.05) is 18.2 Å². The molecule has 1 heterocycles. The third-order valence-electron chi connectivity index (χ3n) is 3.00. The SMILES string of the molecule is CSC1=NC(c2ccccc2)Nc2ccccc21. The van der Waals surface area contributed by atoms with Crippen LogP contribution in [0.1, 0.15) is 17.3 Å². The predicted octanol–water partition coefficient (Wildman–Crippen LogP) is 3.92. The molecule has 0 bridgehead atoms. The van der Waals surface area contributed by atoms with E-state index in [1.165, 1.54) is 11.1 Å². The van der Waals surface area contributed by atoms with Crippen LogP contribution in [-0.4, -0.2) is 11.3 Å². The molecule has 0 aromatic heterocycles. The number of fused-ring (bicyclic) bond motifs is 1. The van der Waals surface area contributed by atoms with Crippen molar-refractivity contribution in [3.05, 3.63) is 65.7 Å². The van der Waals surface area contributed by atoms with Gasteiger partial charge >= 0.3 is 0 Å². The Hall–Kier alpha value is -1.74. The average molecular weight is 254 g/mol. The summed E-state index contributed by atoms with van der Waals surface area (Å²) < 4.78 is 0. The largest absolute Gasteiger partial charge is 0.359 e. The first-order valence-electron chi connectivity index (χ1n) is 5.91. The fourth-order valence-corrected chi connectivity index (χ4v) is 2.73. The number of rotatable bonds is 1. The lowest BCUT2D eigenvalue weighted by Crippen LogP contribution is -2.18. The summed E-state index contributed by atoms with van der Waals surface area (Å²) >= 11 is 1.70. The van der Waals surface area contributed by atoms with Crippen LogP contribution in [-0.2, 0) is 0 Å².